The molecule has 1 aliphatic rings. The molecule has 4 rings (SSSR count). The molecule has 3 aromatic rings. The number of aryl methyl sites for hydroxylation is 1. The third kappa shape index (κ3) is 5.74. The molecule has 0 bridgehead atoms. The quantitative estimate of drug-likeness (QED) is 0.381. The maximum absolute atomic E-state index is 13.8. The van der Waals surface area contributed by atoms with E-state index in [2.05, 4.69) is 24.9 Å². The summed E-state index contributed by atoms with van der Waals surface area (Å²) in [4.78, 5) is 8.65. The van der Waals surface area contributed by atoms with Crippen molar-refractivity contribution in [3.05, 3.63) is 47.8 Å². The number of para-hydroxylation sites is 1. The molecule has 12 nitrogen and oxygen atoms in total. The number of nitrogens with one attached hydrogen (secondary N) is 1. The molecule has 13 heteroatoms. The lowest BCUT2D eigenvalue weighted by molar-refractivity contribution is 0.00394. The van der Waals surface area contributed by atoms with Gasteiger partial charge < -0.3 is 18.9 Å². The lowest BCUT2D eigenvalue weighted by Gasteiger charge is -2.26. The number of hydrogen-bond donors (Lipinski definition) is 1. The van der Waals surface area contributed by atoms with Crippen LogP contribution >= 0.6 is 0 Å². The molecule has 0 aliphatic carbocycles. The molecule has 2 unspecified atom stereocenters. The predicted octanol–water partition coefficient (Wildman–Crippen LogP) is 3.18. The van der Waals surface area contributed by atoms with Crippen LogP contribution in [0.1, 0.15) is 56.4 Å². The summed E-state index contributed by atoms with van der Waals surface area (Å²) in [5, 5.41) is 7.57. The third-order valence-corrected chi connectivity index (χ3v) is 7.96. The molecule has 1 aliphatic heterocycles. The molecule has 0 saturated carbocycles. The minimum absolute atomic E-state index is 0.000151. The molecular formula is C25H34N6O6S. The number of methoxy groups -OCH3 is 2. The third-order valence-electron chi connectivity index (χ3n) is 6.27. The van der Waals surface area contributed by atoms with Gasteiger partial charge in [0.25, 0.3) is 0 Å². The minimum Gasteiger partial charge on any atom is -0.494 e. The smallest absolute Gasteiger partial charge is 0.243 e. The second kappa shape index (κ2) is 11.6. The zero-order chi connectivity index (χ0) is 27.4. The van der Waals surface area contributed by atoms with E-state index in [4.69, 9.17) is 18.9 Å². The first-order valence-corrected chi connectivity index (χ1v) is 13.9. The first-order chi connectivity index (χ1) is 18.2. The van der Waals surface area contributed by atoms with Crippen LogP contribution < -0.4 is 14.2 Å². The Morgan fingerprint density at radius 1 is 1.08 bits per heavy atom. The Morgan fingerprint density at radius 2 is 1.79 bits per heavy atom. The van der Waals surface area contributed by atoms with Gasteiger partial charge in [-0.1, -0.05) is 6.07 Å². The fourth-order valence-electron chi connectivity index (χ4n) is 4.28. The molecule has 0 spiro atoms. The van der Waals surface area contributed by atoms with Crippen molar-refractivity contribution in [3.8, 4) is 17.2 Å². The molecule has 3 heterocycles. The molecule has 1 fully saturated rings. The Morgan fingerprint density at radius 3 is 2.34 bits per heavy atom. The van der Waals surface area contributed by atoms with Gasteiger partial charge in [0.2, 0.25) is 16.0 Å². The number of nitrogens with zero attached hydrogens (tertiary/aromatic N) is 5. The average molecular weight is 547 g/mol. The van der Waals surface area contributed by atoms with E-state index < -0.39 is 21.4 Å². The van der Waals surface area contributed by atoms with Crippen molar-refractivity contribution >= 4 is 16.0 Å². The monoisotopic (exact) mass is 546 g/mol. The Balaban J connectivity index is 1.78. The Bertz CT molecular complexity index is 1320. The first kappa shape index (κ1) is 27.7. The lowest BCUT2D eigenvalue weighted by Crippen LogP contribution is -2.34. The van der Waals surface area contributed by atoms with Crippen LogP contribution in [0.5, 0.6) is 11.5 Å². The number of sulfonamides is 1. The molecule has 0 amide bonds. The van der Waals surface area contributed by atoms with E-state index in [0.29, 0.717) is 47.6 Å². The highest BCUT2D eigenvalue weighted by Gasteiger charge is 2.36. The van der Waals surface area contributed by atoms with E-state index in [1.807, 2.05) is 20.8 Å². The Hall–Kier alpha value is -3.29. The molecule has 1 aromatic carbocycles. The summed E-state index contributed by atoms with van der Waals surface area (Å²) < 4.78 is 54.7. The van der Waals surface area contributed by atoms with Crippen LogP contribution in [-0.4, -0.2) is 71.9 Å². The van der Waals surface area contributed by atoms with Crippen LogP contribution in [0.3, 0.4) is 0 Å². The number of aromatic nitrogens is 5. The van der Waals surface area contributed by atoms with Crippen LogP contribution in [0.2, 0.25) is 0 Å². The summed E-state index contributed by atoms with van der Waals surface area (Å²) >= 11 is 0. The largest absolute Gasteiger partial charge is 0.494 e. The molecule has 2 aromatic heterocycles. The van der Waals surface area contributed by atoms with Gasteiger partial charge in [0.1, 0.15) is 34.4 Å². The molecule has 0 radical (unpaired) electrons. The molecule has 3 atom stereocenters. The minimum atomic E-state index is -4.08. The number of benzene rings is 1. The van der Waals surface area contributed by atoms with Gasteiger partial charge >= 0.3 is 0 Å². The number of anilines is 1. The van der Waals surface area contributed by atoms with Crippen LogP contribution in [0, 0.1) is 6.92 Å². The second-order valence-electron chi connectivity index (χ2n) is 9.33. The van der Waals surface area contributed by atoms with E-state index in [9.17, 15) is 8.42 Å². The summed E-state index contributed by atoms with van der Waals surface area (Å²) in [6, 6.07) is 5.30. The topological polar surface area (TPSA) is 140 Å². The van der Waals surface area contributed by atoms with Gasteiger partial charge in [-0.2, -0.15) is 0 Å². The zero-order valence-corrected chi connectivity index (χ0v) is 23.2. The van der Waals surface area contributed by atoms with E-state index in [-0.39, 0.29) is 18.0 Å². The average Bonchev–Trinajstić information content (AvgIpc) is 3.56. The molecule has 1 saturated heterocycles. The van der Waals surface area contributed by atoms with Gasteiger partial charge in [0.15, 0.2) is 0 Å². The number of hydrogen-bond acceptors (Lipinski definition) is 10. The maximum Gasteiger partial charge on any atom is 0.243 e. The van der Waals surface area contributed by atoms with E-state index >= 15 is 0 Å². The second-order valence-corrected chi connectivity index (χ2v) is 11.4. The summed E-state index contributed by atoms with van der Waals surface area (Å²) in [6.07, 6.45) is 2.71. The zero-order valence-electron chi connectivity index (χ0n) is 22.4. The fraction of sp³-hybridized carbons (Fsp3) is 0.520. The van der Waals surface area contributed by atoms with Gasteiger partial charge in [-0.25, -0.2) is 8.42 Å². The highest BCUT2D eigenvalue weighted by Crippen LogP contribution is 2.38. The van der Waals surface area contributed by atoms with Crippen molar-refractivity contribution in [1.29, 1.82) is 0 Å². The molecular weight excluding hydrogens is 512 g/mol. The van der Waals surface area contributed by atoms with Crippen molar-refractivity contribution in [2.75, 3.05) is 32.2 Å². The summed E-state index contributed by atoms with van der Waals surface area (Å²) in [7, 11) is -1.01. The normalized spacial score (nSPS) is 17.4. The Labute approximate surface area is 222 Å². The van der Waals surface area contributed by atoms with Gasteiger partial charge in [0.05, 0.1) is 44.5 Å². The van der Waals surface area contributed by atoms with Crippen molar-refractivity contribution in [3.63, 3.8) is 0 Å². The molecule has 206 valence electrons. The Kier molecular flexibility index (Phi) is 8.48. The molecule has 1 N–H and O–H groups in total. The summed E-state index contributed by atoms with van der Waals surface area (Å²) in [6.45, 7) is 8.05. The van der Waals surface area contributed by atoms with Crippen LogP contribution in [0.25, 0.3) is 5.69 Å². The van der Waals surface area contributed by atoms with Gasteiger partial charge in [-0.15, -0.1) is 10.2 Å². The highest BCUT2D eigenvalue weighted by atomic mass is 32.2. The molecule has 38 heavy (non-hydrogen) atoms. The summed E-state index contributed by atoms with van der Waals surface area (Å²) in [5.74, 6) is 1.38. The SMILES string of the molecule is COc1cccc(OC)c1-n1c(NS(=O)(=O)C(C)C(OC(C)C)c2cnc(C)cn2)nnc1[C@H]1CCOC1. The van der Waals surface area contributed by atoms with Crippen molar-refractivity contribution in [2.45, 2.75) is 57.5 Å². The van der Waals surface area contributed by atoms with Crippen LogP contribution in [-0.2, 0) is 19.5 Å². The number of rotatable bonds is 11. The van der Waals surface area contributed by atoms with Crippen molar-refractivity contribution < 1.29 is 27.4 Å². The standard InChI is InChI=1S/C25H34N6O6S/c1-15(2)37-23(19-13-26-16(3)12-27-19)17(4)38(32,33)30-25-29-28-24(18-10-11-36-14-18)31(25)22-20(34-5)8-7-9-21(22)35-6/h7-9,12-13,15,17-18,23H,10-11,14H2,1-6H3,(H,29,30)/t17?,18-,23?/m0/s1. The summed E-state index contributed by atoms with van der Waals surface area (Å²) in [5.41, 5.74) is 1.61. The first-order valence-electron chi connectivity index (χ1n) is 12.4. The van der Waals surface area contributed by atoms with E-state index in [0.717, 1.165) is 6.42 Å². The maximum atomic E-state index is 13.8. The van der Waals surface area contributed by atoms with Gasteiger partial charge in [0, 0.05) is 18.7 Å². The fourth-order valence-corrected chi connectivity index (χ4v) is 5.39. The van der Waals surface area contributed by atoms with Crippen molar-refractivity contribution in [1.82, 2.24) is 24.7 Å². The van der Waals surface area contributed by atoms with Crippen LogP contribution in [0.15, 0.2) is 30.6 Å². The lowest BCUT2D eigenvalue weighted by atomic mass is 10.1. The van der Waals surface area contributed by atoms with Gasteiger partial charge in [-0.3, -0.25) is 19.3 Å². The van der Waals surface area contributed by atoms with Crippen molar-refractivity contribution in [2.24, 2.45) is 0 Å². The van der Waals surface area contributed by atoms with E-state index in [1.165, 1.54) is 20.4 Å². The van der Waals surface area contributed by atoms with E-state index in [1.54, 1.807) is 35.9 Å². The van der Waals surface area contributed by atoms with Crippen LogP contribution in [0.4, 0.5) is 5.95 Å². The van der Waals surface area contributed by atoms with Gasteiger partial charge in [-0.05, 0) is 46.2 Å². The highest BCUT2D eigenvalue weighted by molar-refractivity contribution is 7.93. The number of ether oxygens (including phenoxy) is 4. The predicted molar refractivity (Wildman–Crippen MR) is 140 cm³/mol.